The van der Waals surface area contributed by atoms with Gasteiger partial charge in [0, 0.05) is 5.47 Å². The number of rotatable bonds is 8. The molecule has 0 aliphatic heterocycles. The van der Waals surface area contributed by atoms with Crippen LogP contribution in [0.25, 0.3) is 0 Å². The molecular formula is C20H22BNO3. The molecule has 2 aromatic carbocycles. The minimum atomic E-state index is -0.268. The lowest BCUT2D eigenvalue weighted by atomic mass is 9.87. The fourth-order valence-corrected chi connectivity index (χ4v) is 2.06. The third-order valence-corrected chi connectivity index (χ3v) is 3.52. The maximum absolute atomic E-state index is 9.46. The average molecular weight is 335 g/mol. The number of ether oxygens (including phenoxy) is 2. The molecule has 0 aromatic heterocycles. The first kappa shape index (κ1) is 18.6. The Kier molecular flexibility index (Phi) is 7.54. The zero-order chi connectivity index (χ0) is 17.9. The molecule has 25 heavy (non-hydrogen) atoms. The van der Waals surface area contributed by atoms with Crippen molar-refractivity contribution in [1.82, 2.24) is 0 Å². The van der Waals surface area contributed by atoms with Crippen LogP contribution < -0.4 is 0 Å². The van der Waals surface area contributed by atoms with Crippen molar-refractivity contribution in [2.45, 2.75) is 20.1 Å². The quantitative estimate of drug-likeness (QED) is 0.255. The van der Waals surface area contributed by atoms with E-state index in [1.54, 1.807) is 12.2 Å². The molecule has 2 rings (SSSR count). The van der Waals surface area contributed by atoms with Crippen LogP contribution in [0.2, 0.25) is 0 Å². The van der Waals surface area contributed by atoms with E-state index < -0.39 is 0 Å². The van der Waals surface area contributed by atoms with Crippen LogP contribution in [0.1, 0.15) is 18.1 Å². The Bertz CT molecular complexity index is 727. The predicted octanol–water partition coefficient (Wildman–Crippen LogP) is 3.53. The Morgan fingerprint density at radius 2 is 1.44 bits per heavy atom. The second-order valence-corrected chi connectivity index (χ2v) is 5.51. The molecular weight excluding hydrogens is 313 g/mol. The molecule has 0 bridgehead atoms. The normalized spacial score (nSPS) is 11.8. The second kappa shape index (κ2) is 10.2. The number of hydrogen-bond acceptors (Lipinski definition) is 4. The molecule has 5 heteroatoms. The van der Waals surface area contributed by atoms with E-state index in [2.05, 4.69) is 0 Å². The van der Waals surface area contributed by atoms with Crippen molar-refractivity contribution in [2.75, 3.05) is 0 Å². The highest BCUT2D eigenvalue weighted by Gasteiger charge is 2.07. The van der Waals surface area contributed by atoms with Crippen LogP contribution in [-0.2, 0) is 22.7 Å². The maximum atomic E-state index is 9.46. The van der Waals surface area contributed by atoms with E-state index in [9.17, 15) is 5.02 Å². The first-order chi connectivity index (χ1) is 12.2. The summed E-state index contributed by atoms with van der Waals surface area (Å²) < 4.78 is 11.1. The maximum Gasteiger partial charge on any atom is 0.310 e. The van der Waals surface area contributed by atoms with Crippen molar-refractivity contribution < 1.29 is 14.5 Å². The van der Waals surface area contributed by atoms with Crippen LogP contribution >= 0.6 is 0 Å². The Balaban J connectivity index is 1.88. The van der Waals surface area contributed by atoms with Crippen molar-refractivity contribution >= 4 is 13.4 Å². The first-order valence-electron chi connectivity index (χ1n) is 8.09. The zero-order valence-electron chi connectivity index (χ0n) is 14.3. The molecule has 0 aliphatic carbocycles. The minimum absolute atomic E-state index is 0.0431. The number of allylic oxidation sites excluding steroid dienone is 3. The van der Waals surface area contributed by atoms with E-state index in [0.717, 1.165) is 11.1 Å². The topological polar surface area (TPSA) is 62.5 Å². The van der Waals surface area contributed by atoms with Gasteiger partial charge < -0.3 is 14.5 Å². The third kappa shape index (κ3) is 6.69. The summed E-state index contributed by atoms with van der Waals surface area (Å²) in [6.07, 6.45) is 3.38. The Hall–Kier alpha value is -2.79. The summed E-state index contributed by atoms with van der Waals surface area (Å²) in [7, 11) is -0.268. The van der Waals surface area contributed by atoms with Gasteiger partial charge in [0.2, 0.25) is 5.90 Å². The molecule has 0 saturated carbocycles. The lowest BCUT2D eigenvalue weighted by molar-refractivity contribution is 0.201. The van der Waals surface area contributed by atoms with Crippen molar-refractivity contribution in [3.63, 3.8) is 0 Å². The van der Waals surface area contributed by atoms with Crippen molar-refractivity contribution in [1.29, 1.82) is 5.41 Å². The van der Waals surface area contributed by atoms with Gasteiger partial charge in [-0.1, -0.05) is 66.7 Å². The molecule has 128 valence electrons. The number of benzene rings is 2. The minimum Gasteiger partial charge on any atom is -0.494 e. The molecule has 0 atom stereocenters. The van der Waals surface area contributed by atoms with Crippen molar-refractivity contribution in [2.24, 2.45) is 0 Å². The van der Waals surface area contributed by atoms with Crippen LogP contribution in [0.5, 0.6) is 0 Å². The molecule has 0 unspecified atom stereocenters. The summed E-state index contributed by atoms with van der Waals surface area (Å²) >= 11 is 0. The number of nitrogens with one attached hydrogen (secondary N) is 1. The van der Waals surface area contributed by atoms with Crippen LogP contribution in [0.4, 0.5) is 0 Å². The van der Waals surface area contributed by atoms with Gasteiger partial charge in [0.25, 0.3) is 0 Å². The van der Waals surface area contributed by atoms with Gasteiger partial charge in [0.1, 0.15) is 13.2 Å². The van der Waals surface area contributed by atoms with E-state index in [1.165, 1.54) is 0 Å². The molecule has 0 fully saturated rings. The van der Waals surface area contributed by atoms with Gasteiger partial charge >= 0.3 is 7.48 Å². The molecule has 4 nitrogen and oxygen atoms in total. The van der Waals surface area contributed by atoms with Crippen LogP contribution in [0.15, 0.2) is 84.0 Å². The highest BCUT2D eigenvalue weighted by Crippen LogP contribution is 2.08. The Labute approximate surface area is 149 Å². The van der Waals surface area contributed by atoms with E-state index in [0.29, 0.717) is 24.4 Å². The van der Waals surface area contributed by atoms with Crippen LogP contribution in [0, 0.1) is 5.41 Å². The van der Waals surface area contributed by atoms with Gasteiger partial charge in [-0.25, -0.2) is 0 Å². The lowest BCUT2D eigenvalue weighted by Crippen LogP contribution is -2.12. The summed E-state index contributed by atoms with van der Waals surface area (Å²) in [5.41, 5.74) is 2.46. The molecule has 0 heterocycles. The van der Waals surface area contributed by atoms with Crippen LogP contribution in [-0.4, -0.2) is 18.4 Å². The van der Waals surface area contributed by atoms with Gasteiger partial charge in [0.15, 0.2) is 0 Å². The molecule has 0 saturated heterocycles. The SMILES string of the molecule is C/C(=C\C=C(\BO)C(=N)OCc1ccccc1)OCc1ccccc1. The van der Waals surface area contributed by atoms with Gasteiger partial charge in [-0.05, 0) is 24.1 Å². The Morgan fingerprint density at radius 1 is 0.920 bits per heavy atom. The van der Waals surface area contributed by atoms with E-state index >= 15 is 0 Å². The zero-order valence-corrected chi connectivity index (χ0v) is 14.3. The van der Waals surface area contributed by atoms with E-state index in [4.69, 9.17) is 14.9 Å². The highest BCUT2D eigenvalue weighted by molar-refractivity contribution is 6.46. The van der Waals surface area contributed by atoms with E-state index in [1.807, 2.05) is 67.6 Å². The summed E-state index contributed by atoms with van der Waals surface area (Å²) in [5, 5.41) is 17.4. The monoisotopic (exact) mass is 335 g/mol. The summed E-state index contributed by atoms with van der Waals surface area (Å²) in [5.74, 6) is 0.657. The largest absolute Gasteiger partial charge is 0.494 e. The lowest BCUT2D eigenvalue weighted by Gasteiger charge is -2.09. The highest BCUT2D eigenvalue weighted by atomic mass is 16.5. The smallest absolute Gasteiger partial charge is 0.310 e. The molecule has 0 radical (unpaired) electrons. The second-order valence-electron chi connectivity index (χ2n) is 5.51. The average Bonchev–Trinajstić information content (AvgIpc) is 2.67. The van der Waals surface area contributed by atoms with Crippen molar-refractivity contribution in [3.05, 3.63) is 95.2 Å². The fraction of sp³-hybridized carbons (Fsp3) is 0.150. The third-order valence-electron chi connectivity index (χ3n) is 3.52. The summed E-state index contributed by atoms with van der Waals surface area (Å²) in [6, 6.07) is 19.5. The summed E-state index contributed by atoms with van der Waals surface area (Å²) in [4.78, 5) is 0. The first-order valence-corrected chi connectivity index (χ1v) is 8.09. The van der Waals surface area contributed by atoms with Crippen LogP contribution in [0.3, 0.4) is 0 Å². The van der Waals surface area contributed by atoms with E-state index in [-0.39, 0.29) is 13.4 Å². The van der Waals surface area contributed by atoms with Crippen molar-refractivity contribution in [3.8, 4) is 0 Å². The molecule has 2 N–H and O–H groups in total. The summed E-state index contributed by atoms with van der Waals surface area (Å²) in [6.45, 7) is 2.61. The van der Waals surface area contributed by atoms with Gasteiger partial charge in [-0.2, -0.15) is 0 Å². The molecule has 0 aliphatic rings. The molecule has 2 aromatic rings. The predicted molar refractivity (Wildman–Crippen MR) is 101 cm³/mol. The van der Waals surface area contributed by atoms with Gasteiger partial charge in [0.05, 0.1) is 5.76 Å². The Morgan fingerprint density at radius 3 is 1.96 bits per heavy atom. The number of hydrogen-bond donors (Lipinski definition) is 2. The standard InChI is InChI=1S/C20H22BNO3/c1-16(24-14-17-8-4-2-5-9-17)12-13-19(21-23)20(22)25-15-18-10-6-3-7-11-18/h2-13,21-23H,14-15H2,1H3/b16-12+,19-13+,22-20?. The van der Waals surface area contributed by atoms with Gasteiger partial charge in [-0.15, -0.1) is 0 Å². The molecule has 0 amide bonds. The molecule has 0 spiro atoms. The fourth-order valence-electron chi connectivity index (χ4n) is 2.06. The van der Waals surface area contributed by atoms with Gasteiger partial charge in [-0.3, -0.25) is 5.41 Å².